The number of benzene rings is 1. The lowest BCUT2D eigenvalue weighted by molar-refractivity contribution is 0.0496. The molecule has 1 fully saturated rings. The van der Waals surface area contributed by atoms with Gasteiger partial charge in [-0.1, -0.05) is 29.3 Å². The summed E-state index contributed by atoms with van der Waals surface area (Å²) < 4.78 is 5.53. The largest absolute Gasteiger partial charge is 0.352 e. The Labute approximate surface area is 109 Å². The van der Waals surface area contributed by atoms with Crippen LogP contribution in [-0.4, -0.2) is 31.1 Å². The van der Waals surface area contributed by atoms with Crippen LogP contribution in [0.4, 0.5) is 4.79 Å². The Balaban J connectivity index is 2.36. The summed E-state index contributed by atoms with van der Waals surface area (Å²) in [4.78, 5) is 13.2. The number of halogens is 2. The van der Waals surface area contributed by atoms with Crippen molar-refractivity contribution in [2.24, 2.45) is 0 Å². The number of hydrogen-bond donors (Lipinski definition) is 1. The normalized spacial score (nSPS) is 19.5. The fourth-order valence-electron chi connectivity index (χ4n) is 1.81. The number of ether oxygens (including phenoxy) is 1. The van der Waals surface area contributed by atoms with E-state index in [-0.39, 0.29) is 6.03 Å². The van der Waals surface area contributed by atoms with Gasteiger partial charge in [-0.3, -0.25) is 4.90 Å². The molecule has 0 radical (unpaired) electrons. The molecule has 0 spiro atoms. The van der Waals surface area contributed by atoms with Gasteiger partial charge in [0.05, 0.1) is 6.61 Å². The minimum atomic E-state index is -0.517. The van der Waals surface area contributed by atoms with Crippen molar-refractivity contribution in [3.05, 3.63) is 33.8 Å². The summed E-state index contributed by atoms with van der Waals surface area (Å²) in [6.07, 6.45) is -0.517. The molecule has 0 saturated carbocycles. The molecule has 1 aromatic rings. The SMILES string of the molecule is CNC(=O)N1CCOC1c1c(Cl)cccc1Cl. The van der Waals surface area contributed by atoms with Crippen LogP contribution in [0.25, 0.3) is 0 Å². The van der Waals surface area contributed by atoms with E-state index in [2.05, 4.69) is 5.32 Å². The molecule has 1 atom stereocenters. The van der Waals surface area contributed by atoms with Crippen molar-refractivity contribution in [1.82, 2.24) is 10.2 Å². The van der Waals surface area contributed by atoms with Gasteiger partial charge in [0.2, 0.25) is 0 Å². The van der Waals surface area contributed by atoms with E-state index in [1.807, 2.05) is 0 Å². The Morgan fingerprint density at radius 2 is 2.12 bits per heavy atom. The molecule has 1 aliphatic rings. The maximum atomic E-state index is 11.7. The van der Waals surface area contributed by atoms with Crippen LogP contribution in [0.2, 0.25) is 10.0 Å². The van der Waals surface area contributed by atoms with Crippen LogP contribution in [0.3, 0.4) is 0 Å². The van der Waals surface area contributed by atoms with Crippen molar-refractivity contribution < 1.29 is 9.53 Å². The molecule has 0 aromatic heterocycles. The molecule has 1 aromatic carbocycles. The smallest absolute Gasteiger partial charge is 0.319 e. The zero-order valence-corrected chi connectivity index (χ0v) is 10.8. The predicted molar refractivity (Wildman–Crippen MR) is 66.3 cm³/mol. The molecule has 92 valence electrons. The average molecular weight is 275 g/mol. The monoisotopic (exact) mass is 274 g/mol. The second-order valence-electron chi connectivity index (χ2n) is 3.61. The third-order valence-electron chi connectivity index (χ3n) is 2.61. The highest BCUT2D eigenvalue weighted by molar-refractivity contribution is 6.36. The van der Waals surface area contributed by atoms with E-state index in [0.717, 1.165) is 0 Å². The van der Waals surface area contributed by atoms with E-state index in [9.17, 15) is 4.79 Å². The first kappa shape index (κ1) is 12.5. The lowest BCUT2D eigenvalue weighted by atomic mass is 10.2. The van der Waals surface area contributed by atoms with E-state index in [0.29, 0.717) is 28.8 Å². The molecule has 2 rings (SSSR count). The number of carbonyl (C=O) groups is 1. The van der Waals surface area contributed by atoms with Crippen molar-refractivity contribution in [3.63, 3.8) is 0 Å². The fourth-order valence-corrected chi connectivity index (χ4v) is 2.39. The van der Waals surface area contributed by atoms with Gasteiger partial charge in [-0.2, -0.15) is 0 Å². The van der Waals surface area contributed by atoms with Crippen molar-refractivity contribution in [1.29, 1.82) is 0 Å². The van der Waals surface area contributed by atoms with Crippen LogP contribution < -0.4 is 5.32 Å². The molecular formula is C11H12Cl2N2O2. The lowest BCUT2D eigenvalue weighted by Crippen LogP contribution is -2.38. The molecule has 1 aliphatic heterocycles. The highest BCUT2D eigenvalue weighted by Crippen LogP contribution is 2.36. The molecule has 0 aliphatic carbocycles. The standard InChI is InChI=1S/C11H12Cl2N2O2/c1-14-11(16)15-5-6-17-10(15)9-7(12)3-2-4-8(9)13/h2-4,10H,5-6H2,1H3,(H,14,16). The number of carbonyl (C=O) groups excluding carboxylic acids is 1. The van der Waals surface area contributed by atoms with Crippen molar-refractivity contribution in [2.75, 3.05) is 20.2 Å². The third-order valence-corrected chi connectivity index (χ3v) is 3.27. The average Bonchev–Trinajstić information content (AvgIpc) is 2.77. The Kier molecular flexibility index (Phi) is 3.76. The Morgan fingerprint density at radius 3 is 2.71 bits per heavy atom. The van der Waals surface area contributed by atoms with Crippen LogP contribution in [0.15, 0.2) is 18.2 Å². The zero-order valence-electron chi connectivity index (χ0n) is 9.24. The van der Waals surface area contributed by atoms with Crippen molar-refractivity contribution >= 4 is 29.2 Å². The van der Waals surface area contributed by atoms with Gasteiger partial charge < -0.3 is 10.1 Å². The van der Waals surface area contributed by atoms with Gasteiger partial charge in [-0.15, -0.1) is 0 Å². The second-order valence-corrected chi connectivity index (χ2v) is 4.42. The number of amides is 2. The zero-order chi connectivity index (χ0) is 12.4. The molecule has 4 nitrogen and oxygen atoms in total. The van der Waals surface area contributed by atoms with E-state index >= 15 is 0 Å². The lowest BCUT2D eigenvalue weighted by Gasteiger charge is -2.24. The highest BCUT2D eigenvalue weighted by Gasteiger charge is 2.33. The molecule has 17 heavy (non-hydrogen) atoms. The Morgan fingerprint density at radius 1 is 1.47 bits per heavy atom. The van der Waals surface area contributed by atoms with E-state index in [1.165, 1.54) is 0 Å². The second kappa shape index (κ2) is 5.12. The van der Waals surface area contributed by atoms with E-state index in [4.69, 9.17) is 27.9 Å². The first-order valence-electron chi connectivity index (χ1n) is 5.19. The molecule has 1 heterocycles. The quantitative estimate of drug-likeness (QED) is 0.856. The molecule has 1 saturated heterocycles. The minimum absolute atomic E-state index is 0.205. The van der Waals surface area contributed by atoms with Crippen LogP contribution >= 0.6 is 23.2 Å². The topological polar surface area (TPSA) is 41.6 Å². The maximum Gasteiger partial charge on any atom is 0.319 e. The number of rotatable bonds is 1. The van der Waals surface area contributed by atoms with Gasteiger partial charge >= 0.3 is 6.03 Å². The Bertz CT molecular complexity index is 419. The fraction of sp³-hybridized carbons (Fsp3) is 0.364. The first-order chi connectivity index (χ1) is 8.15. The van der Waals surface area contributed by atoms with Gasteiger partial charge in [0.15, 0.2) is 6.23 Å². The van der Waals surface area contributed by atoms with Gasteiger partial charge in [0, 0.05) is 29.2 Å². The minimum Gasteiger partial charge on any atom is -0.352 e. The van der Waals surface area contributed by atoms with E-state index < -0.39 is 6.23 Å². The molecule has 1 unspecified atom stereocenters. The predicted octanol–water partition coefficient (Wildman–Crippen LogP) is 2.66. The van der Waals surface area contributed by atoms with Gasteiger partial charge in [-0.05, 0) is 12.1 Å². The highest BCUT2D eigenvalue weighted by atomic mass is 35.5. The number of urea groups is 1. The van der Waals surface area contributed by atoms with Crippen LogP contribution in [-0.2, 0) is 4.74 Å². The molecule has 6 heteroatoms. The first-order valence-corrected chi connectivity index (χ1v) is 5.94. The molecule has 1 N–H and O–H groups in total. The summed E-state index contributed by atoms with van der Waals surface area (Å²) in [6, 6.07) is 5.01. The third kappa shape index (κ3) is 2.34. The van der Waals surface area contributed by atoms with Crippen LogP contribution in [0.1, 0.15) is 11.8 Å². The van der Waals surface area contributed by atoms with Gasteiger partial charge in [-0.25, -0.2) is 4.79 Å². The summed E-state index contributed by atoms with van der Waals surface area (Å²) in [5.41, 5.74) is 0.636. The summed E-state index contributed by atoms with van der Waals surface area (Å²) >= 11 is 12.2. The summed E-state index contributed by atoms with van der Waals surface area (Å²) in [5.74, 6) is 0. The van der Waals surface area contributed by atoms with Gasteiger partial charge in [0.25, 0.3) is 0 Å². The number of hydrogen-bond acceptors (Lipinski definition) is 2. The van der Waals surface area contributed by atoms with Gasteiger partial charge in [0.1, 0.15) is 0 Å². The summed E-state index contributed by atoms with van der Waals surface area (Å²) in [7, 11) is 1.58. The van der Waals surface area contributed by atoms with Crippen LogP contribution in [0.5, 0.6) is 0 Å². The van der Waals surface area contributed by atoms with Crippen LogP contribution in [0, 0.1) is 0 Å². The molecule has 0 bridgehead atoms. The maximum absolute atomic E-state index is 11.7. The van der Waals surface area contributed by atoms with E-state index in [1.54, 1.807) is 30.1 Å². The molecular weight excluding hydrogens is 263 g/mol. The summed E-state index contributed by atoms with van der Waals surface area (Å²) in [5, 5.41) is 3.56. The number of nitrogens with one attached hydrogen (secondary N) is 1. The van der Waals surface area contributed by atoms with Crippen molar-refractivity contribution in [2.45, 2.75) is 6.23 Å². The molecule has 2 amide bonds. The number of nitrogens with zero attached hydrogens (tertiary/aromatic N) is 1. The summed E-state index contributed by atoms with van der Waals surface area (Å²) in [6.45, 7) is 0.992. The van der Waals surface area contributed by atoms with Crippen molar-refractivity contribution in [3.8, 4) is 0 Å². The Hall–Kier alpha value is -0.970.